The van der Waals surface area contributed by atoms with Gasteiger partial charge in [0.25, 0.3) is 0 Å². The first-order valence-electron chi connectivity index (χ1n) is 5.16. The molecule has 0 saturated heterocycles. The van der Waals surface area contributed by atoms with Gasteiger partial charge in [-0.15, -0.1) is 23.7 Å². The summed E-state index contributed by atoms with van der Waals surface area (Å²) >= 11 is 1.82. The molecule has 0 spiro atoms. The zero-order valence-electron chi connectivity index (χ0n) is 9.41. The topological polar surface area (TPSA) is 21.3 Å². The van der Waals surface area contributed by atoms with Crippen molar-refractivity contribution in [3.63, 3.8) is 0 Å². The molecule has 88 valence electrons. The summed E-state index contributed by atoms with van der Waals surface area (Å²) in [6.45, 7) is 7.92. The fourth-order valence-electron chi connectivity index (χ4n) is 1.23. The van der Waals surface area contributed by atoms with E-state index < -0.39 is 0 Å². The van der Waals surface area contributed by atoms with Gasteiger partial charge >= 0.3 is 0 Å². The van der Waals surface area contributed by atoms with Crippen LogP contribution in [-0.4, -0.2) is 19.8 Å². The summed E-state index contributed by atoms with van der Waals surface area (Å²) < 4.78 is 5.26. The second-order valence-corrected chi connectivity index (χ2v) is 4.25. The monoisotopic (exact) mass is 249 g/mol. The molecule has 0 unspecified atom stereocenters. The number of ether oxygens (including phenoxy) is 1. The molecule has 0 aliphatic heterocycles. The van der Waals surface area contributed by atoms with Crippen molar-refractivity contribution in [1.29, 1.82) is 0 Å². The van der Waals surface area contributed by atoms with Gasteiger partial charge in [-0.3, -0.25) is 0 Å². The molecule has 1 aromatic heterocycles. The summed E-state index contributed by atoms with van der Waals surface area (Å²) in [6, 6.07) is 2.17. The number of hydrogen-bond acceptors (Lipinski definition) is 3. The Morgan fingerprint density at radius 2 is 2.27 bits per heavy atom. The summed E-state index contributed by atoms with van der Waals surface area (Å²) in [5.74, 6) is 0. The number of halogens is 1. The lowest BCUT2D eigenvalue weighted by atomic mass is 10.3. The van der Waals surface area contributed by atoms with Crippen molar-refractivity contribution in [3.05, 3.63) is 21.9 Å². The van der Waals surface area contributed by atoms with E-state index in [1.807, 2.05) is 18.3 Å². The smallest absolute Gasteiger partial charge is 0.0477 e. The van der Waals surface area contributed by atoms with Crippen LogP contribution in [0.4, 0.5) is 0 Å². The molecule has 1 rings (SSSR count). The van der Waals surface area contributed by atoms with Crippen molar-refractivity contribution < 1.29 is 4.74 Å². The summed E-state index contributed by atoms with van der Waals surface area (Å²) in [5.41, 5.74) is 1.40. The molecular formula is C11H20ClNOS. The Kier molecular flexibility index (Phi) is 9.10. The minimum atomic E-state index is 0. The second kappa shape index (κ2) is 9.16. The average Bonchev–Trinajstić information content (AvgIpc) is 2.58. The molecule has 0 atom stereocenters. The zero-order chi connectivity index (χ0) is 10.2. The standard InChI is InChI=1S/C11H19NOS.ClH/c1-3-13-7-4-6-12-9-11-10(2)5-8-14-11;/h5,8,12H,3-4,6-7,9H2,1-2H3;1H. The molecule has 0 fully saturated rings. The van der Waals surface area contributed by atoms with Crippen LogP contribution in [0.1, 0.15) is 23.8 Å². The Hall–Kier alpha value is -0.0900. The number of hydrogen-bond donors (Lipinski definition) is 1. The third-order valence-electron chi connectivity index (χ3n) is 2.10. The van der Waals surface area contributed by atoms with Crippen LogP contribution in [0.2, 0.25) is 0 Å². The van der Waals surface area contributed by atoms with Gasteiger partial charge in [-0.05, 0) is 43.8 Å². The zero-order valence-corrected chi connectivity index (χ0v) is 11.0. The molecule has 0 saturated carbocycles. The first kappa shape index (κ1) is 14.9. The highest BCUT2D eigenvalue weighted by Crippen LogP contribution is 2.14. The predicted octanol–water partition coefficient (Wildman–Crippen LogP) is 2.99. The number of thiophene rings is 1. The van der Waals surface area contributed by atoms with Gasteiger partial charge in [0.15, 0.2) is 0 Å². The molecule has 15 heavy (non-hydrogen) atoms. The maximum atomic E-state index is 5.26. The molecular weight excluding hydrogens is 230 g/mol. The van der Waals surface area contributed by atoms with Gasteiger partial charge in [0.1, 0.15) is 0 Å². The van der Waals surface area contributed by atoms with Crippen LogP contribution in [-0.2, 0) is 11.3 Å². The van der Waals surface area contributed by atoms with Crippen LogP contribution in [0.5, 0.6) is 0 Å². The molecule has 1 N–H and O–H groups in total. The number of nitrogens with one attached hydrogen (secondary N) is 1. The summed E-state index contributed by atoms with van der Waals surface area (Å²) in [5, 5.41) is 5.56. The van der Waals surface area contributed by atoms with Crippen molar-refractivity contribution in [1.82, 2.24) is 5.32 Å². The van der Waals surface area contributed by atoms with E-state index in [1.54, 1.807) is 0 Å². The third-order valence-corrected chi connectivity index (χ3v) is 3.12. The van der Waals surface area contributed by atoms with Crippen LogP contribution < -0.4 is 5.32 Å². The maximum absolute atomic E-state index is 5.26. The number of aryl methyl sites for hydroxylation is 1. The van der Waals surface area contributed by atoms with E-state index in [-0.39, 0.29) is 12.4 Å². The number of rotatable bonds is 7. The predicted molar refractivity (Wildman–Crippen MR) is 69.1 cm³/mol. The first-order valence-corrected chi connectivity index (χ1v) is 6.04. The fourth-order valence-corrected chi connectivity index (χ4v) is 2.11. The average molecular weight is 250 g/mol. The van der Waals surface area contributed by atoms with Crippen LogP contribution >= 0.6 is 23.7 Å². The Balaban J connectivity index is 0.00000196. The summed E-state index contributed by atoms with van der Waals surface area (Å²) in [7, 11) is 0. The molecule has 0 aromatic carbocycles. The molecule has 0 aliphatic rings. The molecule has 0 radical (unpaired) electrons. The van der Waals surface area contributed by atoms with Gasteiger partial charge in [0.05, 0.1) is 0 Å². The highest BCUT2D eigenvalue weighted by Gasteiger charge is 1.97. The molecule has 0 amide bonds. The van der Waals surface area contributed by atoms with Gasteiger partial charge in [-0.1, -0.05) is 0 Å². The Morgan fingerprint density at radius 3 is 2.87 bits per heavy atom. The first-order chi connectivity index (χ1) is 6.84. The van der Waals surface area contributed by atoms with E-state index in [1.165, 1.54) is 10.4 Å². The highest BCUT2D eigenvalue weighted by molar-refractivity contribution is 7.10. The van der Waals surface area contributed by atoms with Crippen molar-refractivity contribution in [2.45, 2.75) is 26.8 Å². The Morgan fingerprint density at radius 1 is 1.47 bits per heavy atom. The lowest BCUT2D eigenvalue weighted by molar-refractivity contribution is 0.144. The highest BCUT2D eigenvalue weighted by atomic mass is 35.5. The van der Waals surface area contributed by atoms with E-state index in [2.05, 4.69) is 23.7 Å². The normalized spacial score (nSPS) is 10.0. The van der Waals surface area contributed by atoms with Crippen LogP contribution in [0.25, 0.3) is 0 Å². The molecule has 1 heterocycles. The van der Waals surface area contributed by atoms with Gasteiger partial charge < -0.3 is 10.1 Å². The van der Waals surface area contributed by atoms with E-state index >= 15 is 0 Å². The molecule has 0 bridgehead atoms. The second-order valence-electron chi connectivity index (χ2n) is 3.25. The van der Waals surface area contributed by atoms with Gasteiger partial charge in [-0.25, -0.2) is 0 Å². The van der Waals surface area contributed by atoms with Crippen molar-refractivity contribution in [2.75, 3.05) is 19.8 Å². The van der Waals surface area contributed by atoms with E-state index in [9.17, 15) is 0 Å². The minimum absolute atomic E-state index is 0. The quantitative estimate of drug-likeness (QED) is 0.751. The van der Waals surface area contributed by atoms with Gasteiger partial charge in [0, 0.05) is 24.6 Å². The van der Waals surface area contributed by atoms with Crippen molar-refractivity contribution in [3.8, 4) is 0 Å². The Labute approximate surface area is 102 Å². The third kappa shape index (κ3) is 6.15. The molecule has 0 aliphatic carbocycles. The lowest BCUT2D eigenvalue weighted by Gasteiger charge is -2.04. The molecule has 4 heteroatoms. The lowest BCUT2D eigenvalue weighted by Crippen LogP contribution is -2.16. The molecule has 1 aromatic rings. The van der Waals surface area contributed by atoms with Crippen LogP contribution in [0.3, 0.4) is 0 Å². The fraction of sp³-hybridized carbons (Fsp3) is 0.636. The van der Waals surface area contributed by atoms with Gasteiger partial charge in [-0.2, -0.15) is 0 Å². The van der Waals surface area contributed by atoms with E-state index in [0.29, 0.717) is 0 Å². The SMILES string of the molecule is CCOCCCNCc1sccc1C.Cl. The van der Waals surface area contributed by atoms with Gasteiger partial charge in [0.2, 0.25) is 0 Å². The van der Waals surface area contributed by atoms with Crippen molar-refractivity contribution in [2.24, 2.45) is 0 Å². The summed E-state index contributed by atoms with van der Waals surface area (Å²) in [6.07, 6.45) is 1.10. The Bertz CT molecular complexity index is 252. The van der Waals surface area contributed by atoms with Crippen LogP contribution in [0, 0.1) is 6.92 Å². The van der Waals surface area contributed by atoms with E-state index in [0.717, 1.165) is 32.7 Å². The summed E-state index contributed by atoms with van der Waals surface area (Å²) in [4.78, 5) is 1.45. The minimum Gasteiger partial charge on any atom is -0.382 e. The maximum Gasteiger partial charge on any atom is 0.0477 e. The largest absolute Gasteiger partial charge is 0.382 e. The molecule has 2 nitrogen and oxygen atoms in total. The van der Waals surface area contributed by atoms with E-state index in [4.69, 9.17) is 4.74 Å². The van der Waals surface area contributed by atoms with Crippen LogP contribution in [0.15, 0.2) is 11.4 Å². The van der Waals surface area contributed by atoms with Crippen molar-refractivity contribution >= 4 is 23.7 Å².